The van der Waals surface area contributed by atoms with E-state index in [4.69, 9.17) is 4.74 Å². The highest BCUT2D eigenvalue weighted by Crippen LogP contribution is 2.60. The Hall–Kier alpha value is -1.57. The minimum Gasteiger partial charge on any atom is -0.469 e. The maximum absolute atomic E-state index is 11.8. The number of carbonyl (C=O) groups is 1. The van der Waals surface area contributed by atoms with Gasteiger partial charge in [0, 0.05) is 5.92 Å². The summed E-state index contributed by atoms with van der Waals surface area (Å²) in [6.45, 7) is 2.19. The third kappa shape index (κ3) is 1.59. The molecule has 2 aliphatic rings. The zero-order chi connectivity index (χ0) is 12.7. The van der Waals surface area contributed by atoms with Gasteiger partial charge in [-0.3, -0.25) is 4.79 Å². The molecular formula is C16H18O2. The van der Waals surface area contributed by atoms with Crippen LogP contribution in [0.1, 0.15) is 36.8 Å². The zero-order valence-corrected chi connectivity index (χ0v) is 10.8. The Morgan fingerprint density at radius 1 is 1.33 bits per heavy atom. The smallest absolute Gasteiger partial charge is 0.309 e. The molecule has 1 aromatic carbocycles. The van der Waals surface area contributed by atoms with Crippen LogP contribution in [0.5, 0.6) is 0 Å². The number of benzene rings is 1. The fourth-order valence-corrected chi connectivity index (χ4v) is 3.27. The van der Waals surface area contributed by atoms with Gasteiger partial charge in [0.15, 0.2) is 0 Å². The van der Waals surface area contributed by atoms with E-state index in [-0.39, 0.29) is 11.9 Å². The monoisotopic (exact) mass is 242 g/mol. The van der Waals surface area contributed by atoms with Crippen LogP contribution in [-0.2, 0) is 9.53 Å². The number of ether oxygens (including phenoxy) is 1. The maximum atomic E-state index is 11.8. The first-order valence-electron chi connectivity index (χ1n) is 6.65. The van der Waals surface area contributed by atoms with E-state index in [2.05, 4.69) is 37.3 Å². The maximum Gasteiger partial charge on any atom is 0.309 e. The number of hydrogen-bond acceptors (Lipinski definition) is 2. The second-order valence-corrected chi connectivity index (χ2v) is 5.18. The van der Waals surface area contributed by atoms with Gasteiger partial charge < -0.3 is 4.74 Å². The summed E-state index contributed by atoms with van der Waals surface area (Å²) in [6.07, 6.45) is 4.53. The van der Waals surface area contributed by atoms with Gasteiger partial charge in [0.2, 0.25) is 0 Å². The van der Waals surface area contributed by atoms with Crippen molar-refractivity contribution >= 4 is 11.5 Å². The van der Waals surface area contributed by atoms with E-state index in [9.17, 15) is 4.79 Å². The van der Waals surface area contributed by atoms with Crippen molar-refractivity contribution < 1.29 is 9.53 Å². The van der Waals surface area contributed by atoms with Gasteiger partial charge in [-0.25, -0.2) is 0 Å². The van der Waals surface area contributed by atoms with Crippen LogP contribution in [0.3, 0.4) is 0 Å². The van der Waals surface area contributed by atoms with Crippen LogP contribution in [0.25, 0.3) is 5.57 Å². The first-order chi connectivity index (χ1) is 8.77. The van der Waals surface area contributed by atoms with Crippen molar-refractivity contribution in [1.82, 2.24) is 0 Å². The van der Waals surface area contributed by atoms with Gasteiger partial charge in [-0.05, 0) is 29.0 Å². The molecule has 0 saturated heterocycles. The molecule has 3 rings (SSSR count). The van der Waals surface area contributed by atoms with Gasteiger partial charge in [-0.1, -0.05) is 43.7 Å². The molecule has 3 atom stereocenters. The van der Waals surface area contributed by atoms with E-state index in [0.29, 0.717) is 11.8 Å². The highest BCUT2D eigenvalue weighted by molar-refractivity contribution is 5.84. The number of carbonyl (C=O) groups excluding carboxylic acids is 1. The lowest BCUT2D eigenvalue weighted by Gasteiger charge is -2.16. The van der Waals surface area contributed by atoms with Crippen LogP contribution < -0.4 is 0 Å². The zero-order valence-electron chi connectivity index (χ0n) is 10.8. The highest BCUT2D eigenvalue weighted by atomic mass is 16.5. The second-order valence-electron chi connectivity index (χ2n) is 5.18. The molecule has 2 heteroatoms. The topological polar surface area (TPSA) is 26.3 Å². The molecule has 0 radical (unpaired) electrons. The van der Waals surface area contributed by atoms with Crippen LogP contribution in [0.15, 0.2) is 30.3 Å². The quantitative estimate of drug-likeness (QED) is 0.759. The molecule has 0 amide bonds. The summed E-state index contributed by atoms with van der Waals surface area (Å²) in [5, 5.41) is 0. The molecule has 0 heterocycles. The molecule has 1 fully saturated rings. The average Bonchev–Trinajstić information content (AvgIpc) is 3.13. The Kier molecular flexibility index (Phi) is 2.73. The molecule has 94 valence electrons. The molecule has 2 nitrogen and oxygen atoms in total. The summed E-state index contributed by atoms with van der Waals surface area (Å²) >= 11 is 0. The Balaban J connectivity index is 2.00. The van der Waals surface area contributed by atoms with E-state index in [1.54, 1.807) is 0 Å². The molecule has 0 N–H and O–H groups in total. The Labute approximate surface area is 108 Å². The van der Waals surface area contributed by atoms with E-state index >= 15 is 0 Å². The van der Waals surface area contributed by atoms with Gasteiger partial charge in [0.1, 0.15) is 0 Å². The normalized spacial score (nSPS) is 27.9. The molecule has 2 aliphatic carbocycles. The predicted octanol–water partition coefficient (Wildman–Crippen LogP) is 3.39. The highest BCUT2D eigenvalue weighted by Gasteiger charge is 2.57. The van der Waals surface area contributed by atoms with Crippen molar-refractivity contribution in [2.45, 2.75) is 25.7 Å². The molecule has 1 saturated carbocycles. The fraction of sp³-hybridized carbons (Fsp3) is 0.438. The van der Waals surface area contributed by atoms with Gasteiger partial charge in [0.05, 0.1) is 13.0 Å². The van der Waals surface area contributed by atoms with Crippen LogP contribution in [0.4, 0.5) is 0 Å². The minimum atomic E-state index is -0.0613. The molecule has 1 aromatic rings. The van der Waals surface area contributed by atoms with Gasteiger partial charge in [-0.2, -0.15) is 0 Å². The van der Waals surface area contributed by atoms with E-state index in [1.807, 2.05) is 0 Å². The Morgan fingerprint density at radius 3 is 2.83 bits per heavy atom. The SMILES string of the molecule is CCCC1=C[C@@H]2[C@H](C(=O)OC)[C@@H]2c2ccccc21. The summed E-state index contributed by atoms with van der Waals surface area (Å²) in [5.74, 6) is 0.711. The number of allylic oxidation sites excluding steroid dienone is 2. The molecule has 0 aromatic heterocycles. The third-order valence-electron chi connectivity index (χ3n) is 4.13. The van der Waals surface area contributed by atoms with Crippen molar-refractivity contribution in [2.75, 3.05) is 7.11 Å². The van der Waals surface area contributed by atoms with E-state index in [1.165, 1.54) is 23.8 Å². The number of fused-ring (bicyclic) bond motifs is 3. The largest absolute Gasteiger partial charge is 0.469 e. The summed E-state index contributed by atoms with van der Waals surface area (Å²) in [6, 6.07) is 8.49. The van der Waals surface area contributed by atoms with Gasteiger partial charge in [-0.15, -0.1) is 0 Å². The van der Waals surface area contributed by atoms with Crippen molar-refractivity contribution in [3.63, 3.8) is 0 Å². The van der Waals surface area contributed by atoms with E-state index < -0.39 is 0 Å². The number of esters is 1. The van der Waals surface area contributed by atoms with Crippen molar-refractivity contribution in [3.8, 4) is 0 Å². The van der Waals surface area contributed by atoms with Crippen LogP contribution in [0, 0.1) is 11.8 Å². The molecule has 0 unspecified atom stereocenters. The number of methoxy groups -OCH3 is 1. The van der Waals surface area contributed by atoms with Gasteiger partial charge in [0.25, 0.3) is 0 Å². The first kappa shape index (κ1) is 11.5. The van der Waals surface area contributed by atoms with Gasteiger partial charge >= 0.3 is 5.97 Å². The molecule has 0 spiro atoms. The molecular weight excluding hydrogens is 224 g/mol. The van der Waals surface area contributed by atoms with Crippen LogP contribution in [-0.4, -0.2) is 13.1 Å². The van der Waals surface area contributed by atoms with E-state index in [0.717, 1.165) is 12.8 Å². The lowest BCUT2D eigenvalue weighted by atomic mass is 9.89. The number of rotatable bonds is 3. The van der Waals surface area contributed by atoms with Crippen LogP contribution in [0.2, 0.25) is 0 Å². The predicted molar refractivity (Wildman–Crippen MR) is 71.1 cm³/mol. The third-order valence-corrected chi connectivity index (χ3v) is 4.13. The number of hydrogen-bond donors (Lipinski definition) is 0. The second kappa shape index (κ2) is 4.27. The van der Waals surface area contributed by atoms with Crippen molar-refractivity contribution in [2.24, 2.45) is 11.8 Å². The lowest BCUT2D eigenvalue weighted by Crippen LogP contribution is -2.04. The Bertz CT molecular complexity index is 516. The summed E-state index contributed by atoms with van der Waals surface area (Å²) in [7, 11) is 1.48. The summed E-state index contributed by atoms with van der Waals surface area (Å²) in [5.41, 5.74) is 4.08. The average molecular weight is 242 g/mol. The molecule has 18 heavy (non-hydrogen) atoms. The summed E-state index contributed by atoms with van der Waals surface area (Å²) < 4.78 is 4.91. The minimum absolute atomic E-state index is 0.0468. The molecule has 0 aliphatic heterocycles. The van der Waals surface area contributed by atoms with Crippen molar-refractivity contribution in [1.29, 1.82) is 0 Å². The first-order valence-corrected chi connectivity index (χ1v) is 6.65. The summed E-state index contributed by atoms with van der Waals surface area (Å²) in [4.78, 5) is 11.8. The standard InChI is InChI=1S/C16H18O2/c1-3-6-10-9-13-14(15(13)16(17)18-2)12-8-5-4-7-11(10)12/h4-5,7-9,13-15H,3,6H2,1-2H3/t13-,14+,15-/m0/s1. The fourth-order valence-electron chi connectivity index (χ4n) is 3.27. The lowest BCUT2D eigenvalue weighted by molar-refractivity contribution is -0.142. The molecule has 0 bridgehead atoms. The van der Waals surface area contributed by atoms with Crippen LogP contribution >= 0.6 is 0 Å². The Morgan fingerprint density at radius 2 is 2.11 bits per heavy atom. The van der Waals surface area contributed by atoms with Crippen molar-refractivity contribution in [3.05, 3.63) is 41.5 Å².